The predicted molar refractivity (Wildman–Crippen MR) is 111 cm³/mol. The second kappa shape index (κ2) is 6.89. The van der Waals surface area contributed by atoms with Gasteiger partial charge in [0.25, 0.3) is 11.5 Å². The Labute approximate surface area is 179 Å². The Morgan fingerprint density at radius 3 is 2.19 bits per heavy atom. The lowest BCUT2D eigenvalue weighted by Crippen LogP contribution is -2.31. The van der Waals surface area contributed by atoms with Gasteiger partial charge in [0, 0.05) is 11.6 Å². The smallest absolute Gasteiger partial charge is 0.310 e. The van der Waals surface area contributed by atoms with E-state index in [0.717, 1.165) is 18.2 Å². The van der Waals surface area contributed by atoms with Crippen molar-refractivity contribution < 1.29 is 24.2 Å². The minimum Gasteiger partial charge on any atom is -0.344 e. The van der Waals surface area contributed by atoms with Crippen LogP contribution in [-0.4, -0.2) is 15.9 Å². The summed E-state index contributed by atoms with van der Waals surface area (Å²) in [5, 5.41) is 2.68. The number of halogens is 5. The summed E-state index contributed by atoms with van der Waals surface area (Å²) in [5.41, 5.74) is 0.137. The first-order valence-electron chi connectivity index (χ1n) is 9.62. The maximum Gasteiger partial charge on any atom is 0.310 e. The quantitative estimate of drug-likeness (QED) is 0.435. The number of rotatable bonds is 6. The molecule has 0 spiro atoms. The average molecular weight is 471 g/mol. The van der Waals surface area contributed by atoms with Crippen molar-refractivity contribution in [3.8, 4) is 11.4 Å². The molecule has 2 aromatic carbocycles. The lowest BCUT2D eigenvalue weighted by molar-refractivity contribution is 0.0926. The number of aromatic nitrogens is 2. The van der Waals surface area contributed by atoms with Gasteiger partial charge in [0.1, 0.15) is 16.4 Å². The number of nitrogens with zero attached hydrogens (tertiary/aromatic N) is 1. The van der Waals surface area contributed by atoms with Gasteiger partial charge in [0.2, 0.25) is 0 Å². The molecule has 11 heteroatoms. The molecule has 1 aliphatic rings. The van der Waals surface area contributed by atoms with Gasteiger partial charge in [-0.3, -0.25) is 9.59 Å². The summed E-state index contributed by atoms with van der Waals surface area (Å²) < 4.78 is 64.9. The molecule has 1 fully saturated rings. The molecule has 5 nitrogen and oxygen atoms in total. The van der Waals surface area contributed by atoms with Crippen LogP contribution in [0.25, 0.3) is 11.4 Å². The molecular formula is C21H18F5N3O2S. The predicted octanol–water partition coefficient (Wildman–Crippen LogP) is 5.98. The van der Waals surface area contributed by atoms with E-state index in [4.69, 9.17) is 0 Å². The summed E-state index contributed by atoms with van der Waals surface area (Å²) in [6.45, 7) is 0. The van der Waals surface area contributed by atoms with Crippen molar-refractivity contribution in [2.75, 3.05) is 0 Å². The van der Waals surface area contributed by atoms with Crippen molar-refractivity contribution >= 4 is 16.1 Å². The zero-order chi connectivity index (χ0) is 23.2. The molecule has 0 aliphatic heterocycles. The topological polar surface area (TPSA) is 74.8 Å². The summed E-state index contributed by atoms with van der Waals surface area (Å²) in [4.78, 5) is 29.6. The van der Waals surface area contributed by atoms with Crippen LogP contribution >= 0.6 is 10.2 Å². The Morgan fingerprint density at radius 2 is 1.62 bits per heavy atom. The number of nitrogens with one attached hydrogen (secondary N) is 2. The molecule has 170 valence electrons. The Balaban J connectivity index is 1.61. The third kappa shape index (κ3) is 4.98. The molecule has 2 N–H and O–H groups in total. The Hall–Kier alpha value is -3.21. The molecule has 1 aromatic heterocycles. The van der Waals surface area contributed by atoms with Gasteiger partial charge in [-0.05, 0) is 36.5 Å². The van der Waals surface area contributed by atoms with Crippen LogP contribution < -0.4 is 10.9 Å². The lowest BCUT2D eigenvalue weighted by Gasteiger charge is -2.40. The molecule has 32 heavy (non-hydrogen) atoms. The van der Waals surface area contributed by atoms with Gasteiger partial charge in [0.15, 0.2) is 0 Å². The van der Waals surface area contributed by atoms with Crippen molar-refractivity contribution in [1.29, 1.82) is 0 Å². The molecule has 1 amide bonds. The summed E-state index contributed by atoms with van der Waals surface area (Å²) >= 11 is 0. The van der Waals surface area contributed by atoms with E-state index in [1.165, 1.54) is 0 Å². The van der Waals surface area contributed by atoms with Crippen molar-refractivity contribution in [2.24, 2.45) is 5.92 Å². The fraction of sp³-hybridized carbons (Fsp3) is 0.190. The Morgan fingerprint density at radius 1 is 1.00 bits per heavy atom. The summed E-state index contributed by atoms with van der Waals surface area (Å²) in [6.07, 6.45) is 1.43. The van der Waals surface area contributed by atoms with Crippen LogP contribution in [0.15, 0.2) is 70.4 Å². The first kappa shape index (κ1) is 22.0. The molecular weight excluding hydrogens is 453 g/mol. The van der Waals surface area contributed by atoms with Gasteiger partial charge < -0.3 is 10.3 Å². The van der Waals surface area contributed by atoms with E-state index in [9.17, 15) is 29.0 Å². The number of H-pyrrole nitrogens is 1. The standard InChI is InChI=1S/C21H18F5N3O2S/c22-32(23,24,25,26)16-10-8-14(9-11-16)19(13-6-7-13)29-21(31)17-12-18(30)28-20(27-17)15-4-2-1-3-5-15/h1-5,8-13,19H,6-7H2,(H,29,31)(H,27,28,30)/t19-/m1/s1. The molecule has 1 aliphatic carbocycles. The first-order chi connectivity index (χ1) is 14.8. The number of hydrogen-bond acceptors (Lipinski definition) is 3. The first-order valence-corrected chi connectivity index (χ1v) is 11.6. The van der Waals surface area contributed by atoms with E-state index >= 15 is 0 Å². The van der Waals surface area contributed by atoms with Crippen molar-refractivity contribution in [1.82, 2.24) is 15.3 Å². The van der Waals surface area contributed by atoms with Crippen LogP contribution in [-0.2, 0) is 0 Å². The van der Waals surface area contributed by atoms with Crippen LogP contribution in [0.3, 0.4) is 0 Å². The van der Waals surface area contributed by atoms with E-state index in [-0.39, 0.29) is 23.0 Å². The zero-order valence-corrected chi connectivity index (χ0v) is 17.2. The molecule has 0 bridgehead atoms. The van der Waals surface area contributed by atoms with E-state index in [0.29, 0.717) is 30.5 Å². The largest absolute Gasteiger partial charge is 0.344 e. The van der Waals surface area contributed by atoms with Gasteiger partial charge in [-0.2, -0.15) is 0 Å². The monoisotopic (exact) mass is 471 g/mol. The highest BCUT2D eigenvalue weighted by Gasteiger charge is 2.65. The van der Waals surface area contributed by atoms with Crippen LogP contribution in [0.4, 0.5) is 19.4 Å². The lowest BCUT2D eigenvalue weighted by atomic mass is 10.0. The third-order valence-corrected chi connectivity index (χ3v) is 6.25. The van der Waals surface area contributed by atoms with Gasteiger partial charge in [-0.15, -0.1) is 0 Å². The number of benzene rings is 2. The molecule has 0 unspecified atom stereocenters. The Bertz CT molecular complexity index is 1230. The highest BCUT2D eigenvalue weighted by molar-refractivity contribution is 8.45. The third-order valence-electron chi connectivity index (χ3n) is 5.09. The van der Waals surface area contributed by atoms with E-state index in [1.807, 2.05) is 0 Å². The number of hydrogen-bond donors (Lipinski definition) is 2. The van der Waals surface area contributed by atoms with Crippen molar-refractivity contribution in [2.45, 2.75) is 23.8 Å². The fourth-order valence-corrected chi connectivity index (χ4v) is 4.01. The summed E-state index contributed by atoms with van der Waals surface area (Å²) in [5.74, 6) is -0.561. The maximum atomic E-state index is 13.0. The fourth-order valence-electron chi connectivity index (χ4n) is 3.36. The zero-order valence-electron chi connectivity index (χ0n) is 16.4. The number of amides is 1. The Kier molecular flexibility index (Phi) is 4.74. The molecule has 1 heterocycles. The summed E-state index contributed by atoms with van der Waals surface area (Å²) in [6, 6.07) is 11.5. The van der Waals surface area contributed by atoms with Crippen LogP contribution in [0.2, 0.25) is 0 Å². The second-order valence-corrected chi connectivity index (χ2v) is 10.1. The number of aromatic amines is 1. The normalized spacial score (nSPS) is 17.2. The van der Waals surface area contributed by atoms with Crippen LogP contribution in [0.1, 0.15) is 34.9 Å². The maximum absolute atomic E-state index is 13.0. The van der Waals surface area contributed by atoms with Gasteiger partial charge in [0.05, 0.1) is 6.04 Å². The van der Waals surface area contributed by atoms with Gasteiger partial charge in [-0.1, -0.05) is 61.9 Å². The van der Waals surface area contributed by atoms with Crippen LogP contribution in [0.5, 0.6) is 0 Å². The molecule has 4 rings (SSSR count). The highest BCUT2D eigenvalue weighted by Crippen LogP contribution is 3.02. The van der Waals surface area contributed by atoms with Crippen molar-refractivity contribution in [3.05, 3.63) is 82.3 Å². The second-order valence-electron chi connectivity index (χ2n) is 7.67. The minimum atomic E-state index is -9.78. The van der Waals surface area contributed by atoms with Gasteiger partial charge in [-0.25, -0.2) is 4.98 Å². The van der Waals surface area contributed by atoms with Crippen LogP contribution in [0, 0.1) is 5.92 Å². The van der Waals surface area contributed by atoms with Crippen molar-refractivity contribution in [3.63, 3.8) is 0 Å². The highest BCUT2D eigenvalue weighted by atomic mass is 32.5. The van der Waals surface area contributed by atoms with E-state index in [1.54, 1.807) is 30.3 Å². The van der Waals surface area contributed by atoms with Gasteiger partial charge >= 0.3 is 10.2 Å². The number of carbonyl (C=O) groups excluding carboxylic acids is 1. The van der Waals surface area contributed by atoms with E-state index < -0.39 is 32.6 Å². The van der Waals surface area contributed by atoms with E-state index in [2.05, 4.69) is 15.3 Å². The molecule has 0 radical (unpaired) electrons. The SMILES string of the molecule is O=C(N[C@@H](c1ccc(S(F)(F)(F)(F)F)cc1)C1CC1)c1cc(=O)[nH]c(-c2ccccc2)n1. The molecule has 3 aromatic rings. The minimum absolute atomic E-state index is 0.0552. The molecule has 0 saturated heterocycles. The average Bonchev–Trinajstić information content (AvgIpc) is 3.56. The molecule has 1 saturated carbocycles. The number of carbonyl (C=O) groups is 1. The summed E-state index contributed by atoms with van der Waals surface area (Å²) in [7, 11) is -9.78. The molecule has 1 atom stereocenters.